The maximum Gasteiger partial charge on any atom is 0.335 e. The standard InChI is InChI=1S/C25H17BrCl2N2O4/c1-14-6-7-18(28)12-21(14)30-24(32)19(23(31)29-25(30)33)11-16-10-17(27)8-9-22(16)34-13-15-4-2-3-5-20(15)26/h2-12H,13H2,1H3,(H,29,31,33)/b19-11+. The van der Waals surface area contributed by atoms with Crippen LogP contribution in [-0.4, -0.2) is 17.8 Å². The fourth-order valence-corrected chi connectivity index (χ4v) is 4.14. The summed E-state index contributed by atoms with van der Waals surface area (Å²) in [6.45, 7) is 1.97. The van der Waals surface area contributed by atoms with E-state index in [4.69, 9.17) is 27.9 Å². The van der Waals surface area contributed by atoms with Crippen LogP contribution in [0.25, 0.3) is 6.08 Å². The zero-order chi connectivity index (χ0) is 24.4. The summed E-state index contributed by atoms with van der Waals surface area (Å²) in [6, 6.07) is 16.4. The lowest BCUT2D eigenvalue weighted by Gasteiger charge is -2.27. The summed E-state index contributed by atoms with van der Waals surface area (Å²) >= 11 is 15.7. The second kappa shape index (κ2) is 10.0. The van der Waals surface area contributed by atoms with Crippen molar-refractivity contribution in [2.45, 2.75) is 13.5 Å². The number of halogens is 3. The number of imide groups is 2. The molecule has 1 N–H and O–H groups in total. The molecule has 1 heterocycles. The van der Waals surface area contributed by atoms with Gasteiger partial charge in [0, 0.05) is 25.6 Å². The zero-order valence-electron chi connectivity index (χ0n) is 17.8. The van der Waals surface area contributed by atoms with Crippen molar-refractivity contribution in [1.29, 1.82) is 0 Å². The lowest BCUT2D eigenvalue weighted by molar-refractivity contribution is -0.122. The van der Waals surface area contributed by atoms with Gasteiger partial charge in [-0.05, 0) is 55.0 Å². The first kappa shape index (κ1) is 24.0. The van der Waals surface area contributed by atoms with E-state index in [-0.39, 0.29) is 17.9 Å². The number of nitrogens with one attached hydrogen (secondary N) is 1. The fourth-order valence-electron chi connectivity index (χ4n) is 3.39. The van der Waals surface area contributed by atoms with Gasteiger partial charge in [0.05, 0.1) is 5.69 Å². The maximum absolute atomic E-state index is 13.3. The number of hydrogen-bond donors (Lipinski definition) is 1. The highest BCUT2D eigenvalue weighted by Gasteiger charge is 2.37. The number of amides is 4. The molecule has 0 aromatic heterocycles. The molecule has 0 spiro atoms. The van der Waals surface area contributed by atoms with Crippen molar-refractivity contribution in [3.63, 3.8) is 0 Å². The summed E-state index contributed by atoms with van der Waals surface area (Å²) in [5.74, 6) is -1.19. The predicted molar refractivity (Wildman–Crippen MR) is 135 cm³/mol. The minimum Gasteiger partial charge on any atom is -0.488 e. The molecule has 3 aromatic rings. The van der Waals surface area contributed by atoms with E-state index in [1.165, 1.54) is 12.1 Å². The molecule has 0 atom stereocenters. The fraction of sp³-hybridized carbons (Fsp3) is 0.0800. The van der Waals surface area contributed by atoms with Crippen molar-refractivity contribution in [1.82, 2.24) is 5.32 Å². The lowest BCUT2D eigenvalue weighted by atomic mass is 10.0. The van der Waals surface area contributed by atoms with Crippen molar-refractivity contribution in [2.75, 3.05) is 4.90 Å². The first-order valence-corrected chi connectivity index (χ1v) is 11.6. The van der Waals surface area contributed by atoms with E-state index in [0.717, 1.165) is 14.9 Å². The summed E-state index contributed by atoms with van der Waals surface area (Å²) in [5, 5.41) is 2.95. The summed E-state index contributed by atoms with van der Waals surface area (Å²) in [5.41, 5.74) is 2.00. The molecule has 1 aliphatic heterocycles. The van der Waals surface area contributed by atoms with Crippen LogP contribution in [0.15, 0.2) is 70.7 Å². The maximum atomic E-state index is 13.3. The highest BCUT2D eigenvalue weighted by atomic mass is 79.9. The van der Waals surface area contributed by atoms with E-state index in [1.807, 2.05) is 24.3 Å². The summed E-state index contributed by atoms with van der Waals surface area (Å²) < 4.78 is 6.85. The monoisotopic (exact) mass is 558 g/mol. The Kier molecular flexibility index (Phi) is 7.07. The molecule has 3 aromatic carbocycles. The van der Waals surface area contributed by atoms with Crippen LogP contribution < -0.4 is 15.0 Å². The molecule has 0 aliphatic carbocycles. The molecule has 0 unspecified atom stereocenters. The topological polar surface area (TPSA) is 75.7 Å². The number of benzene rings is 3. The average molecular weight is 560 g/mol. The Morgan fingerprint density at radius 3 is 2.47 bits per heavy atom. The molecule has 1 fully saturated rings. The molecule has 0 bridgehead atoms. The van der Waals surface area contributed by atoms with Crippen molar-refractivity contribution < 1.29 is 19.1 Å². The number of carbonyl (C=O) groups is 3. The van der Waals surface area contributed by atoms with Gasteiger partial charge >= 0.3 is 6.03 Å². The molecule has 0 radical (unpaired) electrons. The molecular weight excluding hydrogens is 543 g/mol. The lowest BCUT2D eigenvalue weighted by Crippen LogP contribution is -2.54. The van der Waals surface area contributed by atoms with Crippen LogP contribution in [0.4, 0.5) is 10.5 Å². The van der Waals surface area contributed by atoms with Gasteiger partial charge in [-0.3, -0.25) is 14.9 Å². The molecule has 0 saturated carbocycles. The highest BCUT2D eigenvalue weighted by molar-refractivity contribution is 9.10. The second-order valence-corrected chi connectivity index (χ2v) is 9.18. The molecule has 1 saturated heterocycles. The Hall–Kier alpha value is -3.13. The third-order valence-corrected chi connectivity index (χ3v) is 6.37. The molecule has 172 valence electrons. The van der Waals surface area contributed by atoms with E-state index in [9.17, 15) is 14.4 Å². The number of rotatable bonds is 5. The predicted octanol–water partition coefficient (Wildman–Crippen LogP) is 6.31. The minimum atomic E-state index is -0.853. The third-order valence-electron chi connectivity index (χ3n) is 5.13. The largest absolute Gasteiger partial charge is 0.488 e. The summed E-state index contributed by atoms with van der Waals surface area (Å²) in [4.78, 5) is 39.3. The van der Waals surface area contributed by atoms with Gasteiger partial charge in [0.1, 0.15) is 17.9 Å². The first-order chi connectivity index (χ1) is 16.2. The van der Waals surface area contributed by atoms with Crippen LogP contribution in [0.3, 0.4) is 0 Å². The number of barbiturate groups is 1. The van der Waals surface area contributed by atoms with Crippen LogP contribution in [-0.2, 0) is 16.2 Å². The Morgan fingerprint density at radius 1 is 1.00 bits per heavy atom. The van der Waals surface area contributed by atoms with Gasteiger partial charge in [0.2, 0.25) is 0 Å². The summed E-state index contributed by atoms with van der Waals surface area (Å²) in [7, 11) is 0. The Balaban J connectivity index is 1.71. The van der Waals surface area contributed by atoms with Gasteiger partial charge in [-0.1, -0.05) is 63.4 Å². The summed E-state index contributed by atoms with van der Waals surface area (Å²) in [6.07, 6.45) is 1.36. The normalized spacial score (nSPS) is 15.0. The molecule has 1 aliphatic rings. The Labute approximate surface area is 214 Å². The second-order valence-electron chi connectivity index (χ2n) is 7.45. The van der Waals surface area contributed by atoms with Gasteiger partial charge in [-0.2, -0.15) is 0 Å². The third kappa shape index (κ3) is 5.01. The van der Waals surface area contributed by atoms with E-state index in [2.05, 4.69) is 21.2 Å². The van der Waals surface area contributed by atoms with Crippen molar-refractivity contribution >= 4 is 68.7 Å². The van der Waals surface area contributed by atoms with Crippen LogP contribution in [0.1, 0.15) is 16.7 Å². The van der Waals surface area contributed by atoms with E-state index < -0.39 is 17.8 Å². The first-order valence-electron chi connectivity index (χ1n) is 10.1. The number of aryl methyl sites for hydroxylation is 1. The van der Waals surface area contributed by atoms with Crippen LogP contribution in [0.5, 0.6) is 5.75 Å². The van der Waals surface area contributed by atoms with Gasteiger partial charge in [0.15, 0.2) is 0 Å². The zero-order valence-corrected chi connectivity index (χ0v) is 20.9. The molecular formula is C25H17BrCl2N2O4. The van der Waals surface area contributed by atoms with Crippen molar-refractivity contribution in [2.24, 2.45) is 0 Å². The van der Waals surface area contributed by atoms with Crippen molar-refractivity contribution in [3.8, 4) is 5.75 Å². The molecule has 34 heavy (non-hydrogen) atoms. The van der Waals surface area contributed by atoms with Gasteiger partial charge in [-0.25, -0.2) is 9.69 Å². The van der Waals surface area contributed by atoms with Gasteiger partial charge in [-0.15, -0.1) is 0 Å². The number of anilines is 1. The highest BCUT2D eigenvalue weighted by Crippen LogP contribution is 2.31. The number of carbonyl (C=O) groups excluding carboxylic acids is 3. The van der Waals surface area contributed by atoms with E-state index >= 15 is 0 Å². The van der Waals surface area contributed by atoms with Crippen LogP contribution >= 0.6 is 39.1 Å². The van der Waals surface area contributed by atoms with Gasteiger partial charge < -0.3 is 4.74 Å². The Bertz CT molecular complexity index is 1360. The molecule has 4 amide bonds. The van der Waals surface area contributed by atoms with E-state index in [0.29, 0.717) is 26.9 Å². The SMILES string of the molecule is Cc1ccc(Cl)cc1N1C(=O)NC(=O)/C(=C\c2cc(Cl)ccc2OCc2ccccc2Br)C1=O. The molecule has 9 heteroatoms. The van der Waals surface area contributed by atoms with Crippen LogP contribution in [0, 0.1) is 6.92 Å². The van der Waals surface area contributed by atoms with E-state index in [1.54, 1.807) is 37.3 Å². The number of urea groups is 1. The number of nitrogens with zero attached hydrogens (tertiary/aromatic N) is 1. The van der Waals surface area contributed by atoms with Crippen molar-refractivity contribution in [3.05, 3.63) is 97.4 Å². The molecule has 6 nitrogen and oxygen atoms in total. The number of hydrogen-bond acceptors (Lipinski definition) is 4. The van der Waals surface area contributed by atoms with Crippen LogP contribution in [0.2, 0.25) is 10.0 Å². The number of ether oxygens (including phenoxy) is 1. The minimum absolute atomic E-state index is 0.242. The van der Waals surface area contributed by atoms with Gasteiger partial charge in [0.25, 0.3) is 11.8 Å². The smallest absolute Gasteiger partial charge is 0.335 e. The molecule has 4 rings (SSSR count). The average Bonchev–Trinajstić information content (AvgIpc) is 2.79. The Morgan fingerprint density at radius 2 is 1.71 bits per heavy atom. The quantitative estimate of drug-likeness (QED) is 0.293.